The molecule has 27 heavy (non-hydrogen) atoms. The van der Waals surface area contributed by atoms with E-state index in [0.717, 1.165) is 17.4 Å². The Morgan fingerprint density at radius 2 is 1.93 bits per heavy atom. The predicted octanol–water partition coefficient (Wildman–Crippen LogP) is 3.93. The molecule has 3 aromatic rings. The highest BCUT2D eigenvalue weighted by Crippen LogP contribution is 2.28. The number of anilines is 2. The minimum atomic E-state index is -0.847. The lowest BCUT2D eigenvalue weighted by Crippen LogP contribution is -2.83. The van der Waals surface area contributed by atoms with Gasteiger partial charge in [-0.05, 0) is 37.3 Å². The van der Waals surface area contributed by atoms with Crippen molar-refractivity contribution in [3.8, 4) is 0 Å². The molecule has 0 spiro atoms. The average molecular weight is 388 g/mol. The second-order valence-corrected chi connectivity index (χ2v) is 7.05. The minimum Gasteiger partial charge on any atom is -0.335 e. The van der Waals surface area contributed by atoms with Gasteiger partial charge in [0.15, 0.2) is 16.8 Å². The maximum atomic E-state index is 13.4. The maximum absolute atomic E-state index is 13.4. The van der Waals surface area contributed by atoms with Gasteiger partial charge in [0.1, 0.15) is 18.3 Å². The molecule has 7 heteroatoms. The summed E-state index contributed by atoms with van der Waals surface area (Å²) >= 11 is 1.40. The third-order valence-electron chi connectivity index (χ3n) is 4.21. The quantitative estimate of drug-likeness (QED) is 0.696. The number of nitrogens with zero attached hydrogens (tertiary/aromatic N) is 2. The Bertz CT molecular complexity index is 930. The number of quaternary nitrogens is 1. The molecule has 2 N–H and O–H groups in total. The highest BCUT2D eigenvalue weighted by molar-refractivity contribution is 7.14. The fourth-order valence-electron chi connectivity index (χ4n) is 2.73. The van der Waals surface area contributed by atoms with Crippen LogP contribution in [-0.4, -0.2) is 10.9 Å². The molecule has 0 aliphatic carbocycles. The summed E-state index contributed by atoms with van der Waals surface area (Å²) in [4.78, 5) is 18.2. The molecule has 0 aliphatic heterocycles. The number of benzene rings is 2. The third-order valence-corrected chi connectivity index (χ3v) is 5.08. The Labute approximate surface area is 160 Å². The van der Waals surface area contributed by atoms with Crippen molar-refractivity contribution < 1.29 is 18.9 Å². The largest absolute Gasteiger partial charge is 0.335 e. The maximum Gasteiger partial charge on any atom is 0.230 e. The van der Waals surface area contributed by atoms with Crippen LogP contribution in [-0.2, 0) is 11.3 Å². The van der Waals surface area contributed by atoms with Gasteiger partial charge in [-0.15, -0.1) is 11.3 Å². The predicted molar refractivity (Wildman–Crippen MR) is 102 cm³/mol. The first-order valence-corrected chi connectivity index (χ1v) is 9.42. The summed E-state index contributed by atoms with van der Waals surface area (Å²) in [6.07, 6.45) is 0. The van der Waals surface area contributed by atoms with Gasteiger partial charge in [-0.2, -0.15) is 0 Å². The molecule has 1 atom stereocenters. The second kappa shape index (κ2) is 8.37. The SMILES string of the molecule is CC(=O)N(c1ccccc1)c1nc(C[NH2+][C@H](C)c2ccc(F)c(F)c2)cs1. The van der Waals surface area contributed by atoms with Gasteiger partial charge in [0, 0.05) is 17.9 Å². The molecule has 0 aliphatic rings. The molecule has 1 aromatic heterocycles. The summed E-state index contributed by atoms with van der Waals surface area (Å²) in [5.41, 5.74) is 2.30. The van der Waals surface area contributed by atoms with Gasteiger partial charge in [-0.1, -0.05) is 18.2 Å². The number of para-hydroxylation sites is 1. The first kappa shape index (κ1) is 19.1. The topological polar surface area (TPSA) is 49.8 Å². The van der Waals surface area contributed by atoms with Crippen molar-refractivity contribution in [1.82, 2.24) is 4.98 Å². The number of carbonyl (C=O) groups excluding carboxylic acids is 1. The molecule has 0 unspecified atom stereocenters. The molecule has 0 fully saturated rings. The monoisotopic (exact) mass is 388 g/mol. The van der Waals surface area contributed by atoms with Crippen molar-refractivity contribution in [3.05, 3.63) is 76.8 Å². The van der Waals surface area contributed by atoms with Crippen LogP contribution in [0.2, 0.25) is 0 Å². The lowest BCUT2D eigenvalue weighted by Gasteiger charge is -2.17. The fourth-order valence-corrected chi connectivity index (χ4v) is 3.63. The van der Waals surface area contributed by atoms with Crippen LogP contribution >= 0.6 is 11.3 Å². The first-order valence-electron chi connectivity index (χ1n) is 8.54. The summed E-state index contributed by atoms with van der Waals surface area (Å²) in [5.74, 6) is -1.80. The van der Waals surface area contributed by atoms with Crippen molar-refractivity contribution in [2.75, 3.05) is 4.90 Å². The van der Waals surface area contributed by atoms with Crippen LogP contribution < -0.4 is 10.2 Å². The normalized spacial score (nSPS) is 12.0. The Morgan fingerprint density at radius 3 is 2.59 bits per heavy atom. The first-order chi connectivity index (χ1) is 13.0. The smallest absolute Gasteiger partial charge is 0.230 e. The molecule has 1 heterocycles. The molecule has 4 nitrogen and oxygen atoms in total. The molecule has 1 amide bonds. The Kier molecular flexibility index (Phi) is 5.93. The standard InChI is InChI=1S/C20H19F2N3OS/c1-13(15-8-9-18(21)19(22)10-15)23-11-16-12-27-20(24-16)25(14(2)26)17-6-4-3-5-7-17/h3-10,12-13,23H,11H2,1-2H3/p+1/t13-/m1/s1. The van der Waals surface area contributed by atoms with E-state index < -0.39 is 11.6 Å². The van der Waals surface area contributed by atoms with Crippen molar-refractivity contribution in [3.63, 3.8) is 0 Å². The number of carbonyl (C=O) groups is 1. The molecule has 0 bridgehead atoms. The van der Waals surface area contributed by atoms with Gasteiger partial charge < -0.3 is 5.32 Å². The number of nitrogens with two attached hydrogens (primary N) is 1. The Morgan fingerprint density at radius 1 is 1.19 bits per heavy atom. The van der Waals surface area contributed by atoms with E-state index in [2.05, 4.69) is 4.98 Å². The summed E-state index contributed by atoms with van der Waals surface area (Å²) in [6.45, 7) is 3.99. The third kappa shape index (κ3) is 4.56. The van der Waals surface area contributed by atoms with Crippen molar-refractivity contribution in [2.24, 2.45) is 0 Å². The summed E-state index contributed by atoms with van der Waals surface area (Å²) in [7, 11) is 0. The zero-order chi connectivity index (χ0) is 19.4. The summed E-state index contributed by atoms with van der Waals surface area (Å²) in [6, 6.07) is 13.2. The highest BCUT2D eigenvalue weighted by atomic mass is 32.1. The Balaban J connectivity index is 1.70. The molecule has 0 saturated heterocycles. The van der Waals surface area contributed by atoms with Crippen molar-refractivity contribution in [1.29, 1.82) is 0 Å². The van der Waals surface area contributed by atoms with E-state index in [1.807, 2.05) is 48.0 Å². The van der Waals surface area contributed by atoms with Crippen molar-refractivity contribution in [2.45, 2.75) is 26.4 Å². The van der Waals surface area contributed by atoms with Gasteiger partial charge >= 0.3 is 0 Å². The van der Waals surface area contributed by atoms with E-state index in [-0.39, 0.29) is 11.9 Å². The summed E-state index contributed by atoms with van der Waals surface area (Å²) in [5, 5.41) is 4.51. The highest BCUT2D eigenvalue weighted by Gasteiger charge is 2.19. The minimum absolute atomic E-state index is 0.0525. The number of thiazole rings is 1. The lowest BCUT2D eigenvalue weighted by atomic mass is 10.1. The van der Waals surface area contributed by atoms with Gasteiger partial charge in [0.2, 0.25) is 5.91 Å². The number of halogens is 2. The molecule has 0 radical (unpaired) electrons. The molecular weight excluding hydrogens is 368 g/mol. The zero-order valence-corrected chi connectivity index (χ0v) is 15.8. The van der Waals surface area contributed by atoms with E-state index >= 15 is 0 Å². The zero-order valence-electron chi connectivity index (χ0n) is 15.0. The van der Waals surface area contributed by atoms with E-state index in [1.165, 1.54) is 24.3 Å². The molecular formula is C20H20F2N3OS+. The van der Waals surface area contributed by atoms with Crippen LogP contribution in [0.25, 0.3) is 0 Å². The van der Waals surface area contributed by atoms with Gasteiger partial charge in [-0.25, -0.2) is 13.8 Å². The number of aromatic nitrogens is 1. The van der Waals surface area contributed by atoms with Crippen LogP contribution in [0.3, 0.4) is 0 Å². The fraction of sp³-hybridized carbons (Fsp3) is 0.200. The second-order valence-electron chi connectivity index (χ2n) is 6.21. The number of amides is 1. The van der Waals surface area contributed by atoms with Crippen LogP contribution in [0.5, 0.6) is 0 Å². The van der Waals surface area contributed by atoms with Crippen LogP contribution in [0.1, 0.15) is 31.1 Å². The average Bonchev–Trinajstić information content (AvgIpc) is 3.11. The van der Waals surface area contributed by atoms with Gasteiger partial charge in [0.25, 0.3) is 0 Å². The van der Waals surface area contributed by atoms with Crippen LogP contribution in [0, 0.1) is 11.6 Å². The Hall–Kier alpha value is -2.64. The number of hydrogen-bond acceptors (Lipinski definition) is 3. The van der Waals surface area contributed by atoms with Crippen LogP contribution in [0.4, 0.5) is 19.6 Å². The molecule has 0 saturated carbocycles. The molecule has 2 aromatic carbocycles. The molecule has 3 rings (SSSR count). The van der Waals surface area contributed by atoms with Gasteiger partial charge in [0.05, 0.1) is 5.69 Å². The van der Waals surface area contributed by atoms with Crippen LogP contribution in [0.15, 0.2) is 53.9 Å². The van der Waals surface area contributed by atoms with Gasteiger partial charge in [-0.3, -0.25) is 9.69 Å². The number of rotatable bonds is 6. The summed E-state index contributed by atoms with van der Waals surface area (Å²) < 4.78 is 26.5. The number of hydrogen-bond donors (Lipinski definition) is 1. The van der Waals surface area contributed by atoms with E-state index in [4.69, 9.17) is 0 Å². The van der Waals surface area contributed by atoms with E-state index in [9.17, 15) is 13.6 Å². The van der Waals surface area contributed by atoms with E-state index in [1.54, 1.807) is 11.0 Å². The molecule has 140 valence electrons. The lowest BCUT2D eigenvalue weighted by molar-refractivity contribution is -0.708. The van der Waals surface area contributed by atoms with Crippen molar-refractivity contribution >= 4 is 28.1 Å². The van der Waals surface area contributed by atoms with E-state index in [0.29, 0.717) is 17.2 Å².